The molecule has 0 aromatic heterocycles. The van der Waals surface area contributed by atoms with Crippen molar-refractivity contribution in [1.82, 2.24) is 0 Å². The summed E-state index contributed by atoms with van der Waals surface area (Å²) < 4.78 is 0. The van der Waals surface area contributed by atoms with Crippen LogP contribution in [-0.4, -0.2) is 5.91 Å². The lowest BCUT2D eigenvalue weighted by molar-refractivity contribution is -0.119. The summed E-state index contributed by atoms with van der Waals surface area (Å²) in [6.45, 7) is 0. The third kappa shape index (κ3) is 1.68. The maximum absolute atomic E-state index is 10.9. The van der Waals surface area contributed by atoms with E-state index in [9.17, 15) is 4.79 Å². The number of carbonyl (C=O) groups excluding carboxylic acids is 1. The third-order valence-corrected chi connectivity index (χ3v) is 5.15. The molecular formula is C13H21NO. The Hall–Kier alpha value is -0.530. The van der Waals surface area contributed by atoms with Crippen molar-refractivity contribution < 1.29 is 4.79 Å². The zero-order valence-electron chi connectivity index (χ0n) is 9.32. The minimum absolute atomic E-state index is 0.108. The van der Waals surface area contributed by atoms with E-state index in [1.165, 1.54) is 32.1 Å². The van der Waals surface area contributed by atoms with Crippen molar-refractivity contribution in [3.8, 4) is 0 Å². The Balaban J connectivity index is 1.67. The second kappa shape index (κ2) is 3.50. The molecule has 2 heteroatoms. The molecule has 4 fully saturated rings. The molecule has 4 bridgehead atoms. The van der Waals surface area contributed by atoms with Crippen LogP contribution < -0.4 is 5.73 Å². The van der Waals surface area contributed by atoms with Crippen LogP contribution in [0.25, 0.3) is 0 Å². The average molecular weight is 207 g/mol. The van der Waals surface area contributed by atoms with E-state index in [1.807, 2.05) is 0 Å². The van der Waals surface area contributed by atoms with Gasteiger partial charge in [-0.25, -0.2) is 0 Å². The van der Waals surface area contributed by atoms with E-state index in [2.05, 4.69) is 0 Å². The number of hydrogen-bond acceptors (Lipinski definition) is 1. The fourth-order valence-corrected chi connectivity index (χ4v) is 4.82. The van der Waals surface area contributed by atoms with Gasteiger partial charge in [-0.05, 0) is 68.1 Å². The van der Waals surface area contributed by atoms with Gasteiger partial charge in [-0.1, -0.05) is 0 Å². The van der Waals surface area contributed by atoms with Crippen LogP contribution in [0.5, 0.6) is 0 Å². The normalized spacial score (nSPS) is 47.1. The van der Waals surface area contributed by atoms with Crippen LogP contribution in [0.3, 0.4) is 0 Å². The topological polar surface area (TPSA) is 43.1 Å². The van der Waals surface area contributed by atoms with Gasteiger partial charge in [0.15, 0.2) is 0 Å². The summed E-state index contributed by atoms with van der Waals surface area (Å²) in [7, 11) is 0. The van der Waals surface area contributed by atoms with Gasteiger partial charge in [0, 0.05) is 6.42 Å². The summed E-state index contributed by atoms with van der Waals surface area (Å²) in [5.41, 5.74) is 5.26. The minimum atomic E-state index is -0.108. The van der Waals surface area contributed by atoms with Crippen molar-refractivity contribution in [2.75, 3.05) is 0 Å². The summed E-state index contributed by atoms with van der Waals surface area (Å²) >= 11 is 0. The fourth-order valence-electron chi connectivity index (χ4n) is 4.82. The molecule has 84 valence electrons. The predicted molar refractivity (Wildman–Crippen MR) is 59.0 cm³/mol. The number of primary amides is 1. The first-order valence-electron chi connectivity index (χ1n) is 6.50. The highest BCUT2D eigenvalue weighted by Gasteiger charge is 2.47. The zero-order valence-corrected chi connectivity index (χ0v) is 9.32. The van der Waals surface area contributed by atoms with Crippen molar-refractivity contribution in [1.29, 1.82) is 0 Å². The van der Waals surface area contributed by atoms with Crippen molar-refractivity contribution in [2.24, 2.45) is 35.3 Å². The predicted octanol–water partition coefficient (Wildman–Crippen LogP) is 2.32. The molecule has 0 spiro atoms. The number of rotatable bonds is 3. The highest BCUT2D eigenvalue weighted by Crippen LogP contribution is 2.57. The molecule has 0 saturated heterocycles. The molecule has 1 amide bonds. The quantitative estimate of drug-likeness (QED) is 0.758. The van der Waals surface area contributed by atoms with E-state index in [4.69, 9.17) is 5.73 Å². The molecule has 0 aliphatic heterocycles. The van der Waals surface area contributed by atoms with Gasteiger partial charge < -0.3 is 5.73 Å². The van der Waals surface area contributed by atoms with Gasteiger partial charge in [-0.3, -0.25) is 4.79 Å². The summed E-state index contributed by atoms with van der Waals surface area (Å²) in [5.74, 6) is 4.70. The molecule has 15 heavy (non-hydrogen) atoms. The summed E-state index contributed by atoms with van der Waals surface area (Å²) in [6, 6.07) is 0. The Morgan fingerprint density at radius 3 is 2.00 bits per heavy atom. The number of nitrogens with two attached hydrogens (primary N) is 1. The Kier molecular flexibility index (Phi) is 2.26. The minimum Gasteiger partial charge on any atom is -0.370 e. The van der Waals surface area contributed by atoms with Crippen LogP contribution in [0.1, 0.15) is 44.9 Å². The van der Waals surface area contributed by atoms with Crippen LogP contribution in [0, 0.1) is 29.6 Å². The third-order valence-electron chi connectivity index (χ3n) is 5.15. The molecule has 4 rings (SSSR count). The summed E-state index contributed by atoms with van der Waals surface area (Å²) in [5, 5.41) is 0. The van der Waals surface area contributed by atoms with Crippen molar-refractivity contribution >= 4 is 5.91 Å². The van der Waals surface area contributed by atoms with Crippen LogP contribution in [0.2, 0.25) is 0 Å². The molecule has 2 N–H and O–H groups in total. The van der Waals surface area contributed by atoms with Crippen LogP contribution >= 0.6 is 0 Å². The van der Waals surface area contributed by atoms with E-state index in [0.29, 0.717) is 6.42 Å². The maximum atomic E-state index is 10.9. The van der Waals surface area contributed by atoms with Crippen molar-refractivity contribution in [2.45, 2.75) is 44.9 Å². The summed E-state index contributed by atoms with van der Waals surface area (Å²) in [4.78, 5) is 10.9. The second-order valence-electron chi connectivity index (χ2n) is 6.10. The molecular weight excluding hydrogens is 186 g/mol. The first-order chi connectivity index (χ1) is 7.22. The molecule has 0 aromatic carbocycles. The zero-order chi connectivity index (χ0) is 10.4. The highest BCUT2D eigenvalue weighted by molar-refractivity contribution is 5.73. The van der Waals surface area contributed by atoms with Crippen molar-refractivity contribution in [3.63, 3.8) is 0 Å². The largest absolute Gasteiger partial charge is 0.370 e. The van der Waals surface area contributed by atoms with E-state index in [1.54, 1.807) is 0 Å². The fraction of sp³-hybridized carbons (Fsp3) is 0.923. The van der Waals surface area contributed by atoms with Crippen LogP contribution in [-0.2, 0) is 4.79 Å². The Morgan fingerprint density at radius 1 is 1.00 bits per heavy atom. The van der Waals surface area contributed by atoms with Gasteiger partial charge in [0.1, 0.15) is 0 Å². The van der Waals surface area contributed by atoms with Crippen LogP contribution in [0.4, 0.5) is 0 Å². The molecule has 2 nitrogen and oxygen atoms in total. The van der Waals surface area contributed by atoms with Gasteiger partial charge in [0.05, 0.1) is 0 Å². The molecule has 0 heterocycles. The number of amides is 1. The molecule has 0 aromatic rings. The van der Waals surface area contributed by atoms with Gasteiger partial charge >= 0.3 is 0 Å². The van der Waals surface area contributed by atoms with Gasteiger partial charge in [-0.15, -0.1) is 0 Å². The van der Waals surface area contributed by atoms with Crippen LogP contribution in [0.15, 0.2) is 0 Å². The number of hydrogen-bond donors (Lipinski definition) is 1. The number of carbonyl (C=O) groups is 1. The van der Waals surface area contributed by atoms with E-state index < -0.39 is 0 Å². The van der Waals surface area contributed by atoms with Gasteiger partial charge in [0.2, 0.25) is 5.91 Å². The lowest BCUT2D eigenvalue weighted by atomic mass is 9.51. The van der Waals surface area contributed by atoms with Crippen molar-refractivity contribution in [3.05, 3.63) is 0 Å². The monoisotopic (exact) mass is 207 g/mol. The first kappa shape index (κ1) is 9.68. The summed E-state index contributed by atoms with van der Waals surface area (Å²) in [6.07, 6.45) is 9.02. The maximum Gasteiger partial charge on any atom is 0.217 e. The standard InChI is InChI=1S/C13H21NO/c14-13(15)2-1-12-10-4-8-3-9(6-10)7-11(12)5-8/h8-12H,1-7H2,(H2,14,15). The molecule has 4 saturated carbocycles. The molecule has 0 unspecified atom stereocenters. The SMILES string of the molecule is NC(=O)CCC1C2CC3CC(C2)CC1C3. The van der Waals surface area contributed by atoms with Gasteiger partial charge in [0.25, 0.3) is 0 Å². The van der Waals surface area contributed by atoms with Gasteiger partial charge in [-0.2, -0.15) is 0 Å². The second-order valence-corrected chi connectivity index (χ2v) is 6.10. The Bertz CT molecular complexity index is 246. The molecule has 4 aliphatic carbocycles. The van der Waals surface area contributed by atoms with E-state index in [-0.39, 0.29) is 5.91 Å². The molecule has 0 radical (unpaired) electrons. The smallest absolute Gasteiger partial charge is 0.217 e. The molecule has 4 aliphatic rings. The highest BCUT2D eigenvalue weighted by atomic mass is 16.1. The lowest BCUT2D eigenvalue weighted by Crippen LogP contribution is -2.45. The Morgan fingerprint density at radius 2 is 1.53 bits per heavy atom. The molecule has 0 atom stereocenters. The Labute approximate surface area is 91.6 Å². The van der Waals surface area contributed by atoms with E-state index >= 15 is 0 Å². The lowest BCUT2D eigenvalue weighted by Gasteiger charge is -2.54. The first-order valence-corrected chi connectivity index (χ1v) is 6.50. The average Bonchev–Trinajstić information content (AvgIpc) is 2.14. The van der Waals surface area contributed by atoms with E-state index in [0.717, 1.165) is 36.0 Å².